The van der Waals surface area contributed by atoms with Crippen LogP contribution < -0.4 is 15.4 Å². The molecule has 0 radical (unpaired) electrons. The first-order valence-electron chi connectivity index (χ1n) is 11.0. The summed E-state index contributed by atoms with van der Waals surface area (Å²) in [6, 6.07) is 6.17. The van der Waals surface area contributed by atoms with E-state index < -0.39 is 5.54 Å². The van der Waals surface area contributed by atoms with Gasteiger partial charge in [-0.25, -0.2) is 4.79 Å². The molecule has 4 fully saturated rings. The normalized spacial score (nSPS) is 38.2. The Morgan fingerprint density at radius 3 is 2.79 bits per heavy atom. The average molecular weight is 396 g/mol. The molecule has 2 saturated carbocycles. The third-order valence-electron chi connectivity index (χ3n) is 8.62. The number of imide groups is 1. The lowest BCUT2D eigenvalue weighted by Gasteiger charge is -2.59. The lowest BCUT2D eigenvalue weighted by Crippen LogP contribution is -2.65. The zero-order valence-corrected chi connectivity index (χ0v) is 17.1. The Labute approximate surface area is 171 Å². The predicted octanol–water partition coefficient (Wildman–Crippen LogP) is 2.35. The van der Waals surface area contributed by atoms with E-state index in [1.165, 1.54) is 30.5 Å². The van der Waals surface area contributed by atoms with Crippen molar-refractivity contribution >= 4 is 11.9 Å². The number of methoxy groups -OCH3 is 1. The van der Waals surface area contributed by atoms with Crippen molar-refractivity contribution < 1.29 is 14.3 Å². The molecule has 6 rings (SSSR count). The number of carbonyl (C=O) groups is 2. The van der Waals surface area contributed by atoms with Crippen molar-refractivity contribution in [3.05, 3.63) is 29.3 Å². The maximum absolute atomic E-state index is 12.8. The second-order valence-corrected chi connectivity index (χ2v) is 10.2. The fraction of sp³-hybridized carbons (Fsp3) is 0.652. The Morgan fingerprint density at radius 1 is 1.21 bits per heavy atom. The summed E-state index contributed by atoms with van der Waals surface area (Å²) in [4.78, 5) is 27.6. The number of nitrogens with one attached hydrogen (secondary N) is 2. The number of fused-ring (bicyclic) bond motifs is 1. The van der Waals surface area contributed by atoms with Gasteiger partial charge in [0.2, 0.25) is 0 Å². The molecule has 1 aromatic carbocycles. The molecule has 2 N–H and O–H groups in total. The Balaban J connectivity index is 1.44. The molecule has 6 heteroatoms. The van der Waals surface area contributed by atoms with Crippen molar-refractivity contribution in [1.82, 2.24) is 15.5 Å². The number of hydrogen-bond acceptors (Lipinski definition) is 4. The van der Waals surface area contributed by atoms with E-state index in [4.69, 9.17) is 4.74 Å². The van der Waals surface area contributed by atoms with Gasteiger partial charge in [0.25, 0.3) is 5.91 Å². The zero-order chi connectivity index (χ0) is 19.9. The molecule has 3 amide bonds. The molecule has 5 aliphatic rings. The van der Waals surface area contributed by atoms with Gasteiger partial charge in [0.15, 0.2) is 0 Å². The van der Waals surface area contributed by atoms with Crippen LogP contribution in [0.1, 0.15) is 49.7 Å². The van der Waals surface area contributed by atoms with Gasteiger partial charge in [0.05, 0.1) is 7.11 Å². The summed E-state index contributed by atoms with van der Waals surface area (Å²) in [5.41, 5.74) is 2.07. The Morgan fingerprint density at radius 2 is 2.07 bits per heavy atom. The first-order valence-corrected chi connectivity index (χ1v) is 11.0. The SMILES string of the molecule is COc1ccc2c(c1)[C@]13CCN(CC4CC4)CC1(CC[C@]1(C3)NC(=O)NC1=O)C2. The number of carbonyl (C=O) groups excluding carboxylic acids is 2. The summed E-state index contributed by atoms with van der Waals surface area (Å²) in [6.45, 7) is 3.40. The molecule has 1 unspecified atom stereocenters. The van der Waals surface area contributed by atoms with Gasteiger partial charge in [-0.1, -0.05) is 6.07 Å². The lowest BCUT2D eigenvalue weighted by molar-refractivity contribution is -0.130. The third-order valence-corrected chi connectivity index (χ3v) is 8.62. The number of piperidine rings is 1. The largest absolute Gasteiger partial charge is 0.497 e. The smallest absolute Gasteiger partial charge is 0.322 e. The highest BCUT2D eigenvalue weighted by atomic mass is 16.5. The molecular weight excluding hydrogens is 366 g/mol. The third kappa shape index (κ3) is 2.38. The van der Waals surface area contributed by atoms with E-state index >= 15 is 0 Å². The van der Waals surface area contributed by atoms with E-state index in [1.54, 1.807) is 7.11 Å². The van der Waals surface area contributed by atoms with E-state index in [2.05, 4.69) is 33.7 Å². The van der Waals surface area contributed by atoms with Crippen LogP contribution in [0.3, 0.4) is 0 Å². The zero-order valence-electron chi connectivity index (χ0n) is 17.1. The number of urea groups is 1. The van der Waals surface area contributed by atoms with E-state index in [0.29, 0.717) is 6.42 Å². The molecule has 6 nitrogen and oxygen atoms in total. The van der Waals surface area contributed by atoms with Gasteiger partial charge in [0, 0.05) is 18.5 Å². The number of rotatable bonds is 3. The van der Waals surface area contributed by atoms with Crippen molar-refractivity contribution in [2.24, 2.45) is 11.3 Å². The fourth-order valence-corrected chi connectivity index (χ4v) is 7.05. The summed E-state index contributed by atoms with van der Waals surface area (Å²) in [5.74, 6) is 1.63. The van der Waals surface area contributed by atoms with Crippen LogP contribution in [0.5, 0.6) is 5.75 Å². The number of nitrogens with zero attached hydrogens (tertiary/aromatic N) is 1. The standard InChI is InChI=1S/C23H29N3O3/c1-29-17-5-4-16-11-21-6-7-23(19(27)24-20(28)25-23)13-22(21,18(16)10-17)8-9-26(14-21)12-15-2-3-15/h4-5,10,15H,2-3,6-9,11-14H2,1H3,(H2,24,25,27,28)/t21?,22-,23-/m1/s1. The van der Waals surface area contributed by atoms with E-state index in [1.807, 2.05) is 0 Å². The van der Waals surface area contributed by atoms with Crippen LogP contribution in [0.25, 0.3) is 0 Å². The summed E-state index contributed by atoms with van der Waals surface area (Å²) >= 11 is 0. The van der Waals surface area contributed by atoms with Gasteiger partial charge in [-0.2, -0.15) is 0 Å². The molecular formula is C23H29N3O3. The molecule has 2 heterocycles. The second-order valence-electron chi connectivity index (χ2n) is 10.2. The maximum Gasteiger partial charge on any atom is 0.322 e. The molecule has 2 aliphatic heterocycles. The molecule has 1 spiro atoms. The van der Waals surface area contributed by atoms with E-state index in [9.17, 15) is 9.59 Å². The minimum Gasteiger partial charge on any atom is -0.497 e. The highest BCUT2D eigenvalue weighted by Crippen LogP contribution is 2.65. The highest BCUT2D eigenvalue weighted by Gasteiger charge is 2.67. The Hall–Kier alpha value is -2.08. The topological polar surface area (TPSA) is 70.7 Å². The van der Waals surface area contributed by atoms with Gasteiger partial charge < -0.3 is 15.0 Å². The Kier molecular flexibility index (Phi) is 3.52. The molecule has 3 aliphatic carbocycles. The van der Waals surface area contributed by atoms with Crippen LogP contribution in [-0.2, 0) is 16.6 Å². The molecule has 0 aromatic heterocycles. The number of benzene rings is 1. The Bertz CT molecular complexity index is 913. The number of amides is 3. The number of likely N-dealkylation sites (tertiary alicyclic amines) is 1. The first kappa shape index (κ1) is 17.8. The van der Waals surface area contributed by atoms with Gasteiger partial charge in [-0.05, 0) is 86.1 Å². The quantitative estimate of drug-likeness (QED) is 0.771. The molecule has 3 atom stereocenters. The van der Waals surface area contributed by atoms with Crippen LogP contribution in [-0.4, -0.2) is 49.1 Å². The predicted molar refractivity (Wildman–Crippen MR) is 108 cm³/mol. The molecule has 0 bridgehead atoms. The average Bonchev–Trinajstić information content (AvgIpc) is 3.41. The van der Waals surface area contributed by atoms with Crippen molar-refractivity contribution in [3.63, 3.8) is 0 Å². The van der Waals surface area contributed by atoms with Crippen molar-refractivity contribution in [1.29, 1.82) is 0 Å². The van der Waals surface area contributed by atoms with Crippen LogP contribution >= 0.6 is 0 Å². The van der Waals surface area contributed by atoms with Crippen molar-refractivity contribution in [2.45, 2.75) is 55.9 Å². The number of ether oxygens (including phenoxy) is 1. The van der Waals surface area contributed by atoms with Crippen LogP contribution in [0.15, 0.2) is 18.2 Å². The summed E-state index contributed by atoms with van der Waals surface area (Å²) < 4.78 is 5.57. The molecule has 1 aromatic rings. The first-order chi connectivity index (χ1) is 14.0. The molecule has 154 valence electrons. The minimum atomic E-state index is -0.760. The van der Waals surface area contributed by atoms with Gasteiger partial charge in [0.1, 0.15) is 11.3 Å². The van der Waals surface area contributed by atoms with Crippen LogP contribution in [0.2, 0.25) is 0 Å². The monoisotopic (exact) mass is 395 g/mol. The van der Waals surface area contributed by atoms with Crippen molar-refractivity contribution in [2.75, 3.05) is 26.7 Å². The summed E-state index contributed by atoms with van der Waals surface area (Å²) in [7, 11) is 1.72. The van der Waals surface area contributed by atoms with Crippen molar-refractivity contribution in [3.8, 4) is 5.75 Å². The maximum atomic E-state index is 12.8. The minimum absolute atomic E-state index is 0.0792. The fourth-order valence-electron chi connectivity index (χ4n) is 7.05. The van der Waals surface area contributed by atoms with Gasteiger partial charge in [-0.3, -0.25) is 10.1 Å². The van der Waals surface area contributed by atoms with Crippen LogP contribution in [0.4, 0.5) is 4.79 Å². The molecule has 29 heavy (non-hydrogen) atoms. The number of hydrogen-bond donors (Lipinski definition) is 2. The summed E-state index contributed by atoms with van der Waals surface area (Å²) in [5, 5.41) is 5.54. The van der Waals surface area contributed by atoms with Gasteiger partial charge >= 0.3 is 6.03 Å². The van der Waals surface area contributed by atoms with Crippen LogP contribution in [0, 0.1) is 11.3 Å². The second kappa shape index (κ2) is 5.75. The summed E-state index contributed by atoms with van der Waals surface area (Å²) in [6.07, 6.45) is 7.27. The lowest BCUT2D eigenvalue weighted by atomic mass is 9.49. The van der Waals surface area contributed by atoms with Gasteiger partial charge in [-0.15, -0.1) is 0 Å². The highest BCUT2D eigenvalue weighted by molar-refractivity contribution is 6.07. The molecule has 2 saturated heterocycles. The van der Waals surface area contributed by atoms with E-state index in [0.717, 1.165) is 50.4 Å². The van der Waals surface area contributed by atoms with E-state index in [-0.39, 0.29) is 22.8 Å².